The fourth-order valence-electron chi connectivity index (χ4n) is 1.66. The quantitative estimate of drug-likeness (QED) is 0.698. The minimum absolute atomic E-state index is 0. The number of likely N-dealkylation sites (N-methyl/N-ethyl adjacent to an activating group) is 1. The molecule has 1 amide bonds. The topological polar surface area (TPSA) is 62.5 Å². The van der Waals surface area contributed by atoms with Crippen LogP contribution in [0.25, 0.3) is 0 Å². The van der Waals surface area contributed by atoms with E-state index >= 15 is 0 Å². The van der Waals surface area contributed by atoms with Gasteiger partial charge < -0.3 is 15.5 Å². The van der Waals surface area contributed by atoms with Crippen molar-refractivity contribution in [3.8, 4) is 0 Å². The summed E-state index contributed by atoms with van der Waals surface area (Å²) in [6.45, 7) is 1.50. The van der Waals surface area contributed by atoms with E-state index in [1.807, 2.05) is 14.1 Å². The predicted molar refractivity (Wildman–Crippen MR) is 60.9 cm³/mol. The maximum atomic E-state index is 12.0. The van der Waals surface area contributed by atoms with Crippen molar-refractivity contribution < 1.29 is 25.9 Å². The third-order valence-electron chi connectivity index (χ3n) is 2.89. The van der Waals surface area contributed by atoms with Gasteiger partial charge in [-0.3, -0.25) is 9.78 Å². The minimum Gasteiger partial charge on any atom is -0.398 e. The number of hydrogen-bond acceptors (Lipinski definition) is 4. The maximum absolute atomic E-state index is 12.0. The van der Waals surface area contributed by atoms with Crippen LogP contribution in [0.3, 0.4) is 0 Å². The number of hydrogen-bond donors (Lipinski definition) is 1. The second-order valence-electron chi connectivity index (χ2n) is 4.20. The number of anilines is 1. The molecule has 0 bridgehead atoms. The van der Waals surface area contributed by atoms with Gasteiger partial charge in [-0.1, -0.05) is 11.8 Å². The molecule has 1 aromatic rings. The van der Waals surface area contributed by atoms with Crippen molar-refractivity contribution in [2.75, 3.05) is 32.9 Å². The van der Waals surface area contributed by atoms with Crippen LogP contribution in [0.15, 0.2) is 12.3 Å². The van der Waals surface area contributed by atoms with Crippen LogP contribution in [0.1, 0.15) is 10.4 Å². The Bertz CT molecular complexity index is 404. The number of nitrogens with zero attached hydrogens (tertiary/aromatic N) is 3. The second kappa shape index (κ2) is 5.60. The van der Waals surface area contributed by atoms with E-state index in [0.29, 0.717) is 11.6 Å². The van der Waals surface area contributed by atoms with Gasteiger partial charge in [0.25, 0.3) is 0 Å². The van der Waals surface area contributed by atoms with Crippen LogP contribution in [0, 0.1) is 6.07 Å². The van der Waals surface area contributed by atoms with E-state index in [4.69, 9.17) is 5.73 Å². The Labute approximate surface area is 115 Å². The Morgan fingerprint density at radius 2 is 2.24 bits per heavy atom. The van der Waals surface area contributed by atoms with Crippen molar-refractivity contribution in [1.82, 2.24) is 14.8 Å². The van der Waals surface area contributed by atoms with E-state index in [0.717, 1.165) is 13.1 Å². The molecule has 1 fully saturated rings. The Morgan fingerprint density at radius 3 is 2.76 bits per heavy atom. The van der Waals surface area contributed by atoms with Crippen molar-refractivity contribution in [1.29, 1.82) is 0 Å². The molecule has 0 unspecified atom stereocenters. The molecule has 1 aliphatic rings. The molecular weight excluding hydrogens is 388 g/mol. The predicted octanol–water partition coefficient (Wildman–Crippen LogP) is -0.153. The number of pyridine rings is 1. The third kappa shape index (κ3) is 2.85. The van der Waals surface area contributed by atoms with Crippen molar-refractivity contribution in [2.24, 2.45) is 0 Å². The molecule has 92 valence electrons. The summed E-state index contributed by atoms with van der Waals surface area (Å²) in [5.74, 6) is 0.219. The van der Waals surface area contributed by atoms with Crippen molar-refractivity contribution in [2.45, 2.75) is 6.04 Å². The molecular formula is C11H15N4OW-. The summed E-state index contributed by atoms with van der Waals surface area (Å²) in [7, 11) is 4.03. The summed E-state index contributed by atoms with van der Waals surface area (Å²) in [4.78, 5) is 19.7. The monoisotopic (exact) mass is 403 g/mol. The first-order valence-corrected chi connectivity index (χ1v) is 5.17. The third-order valence-corrected chi connectivity index (χ3v) is 2.89. The second-order valence-corrected chi connectivity index (χ2v) is 4.20. The van der Waals surface area contributed by atoms with Crippen LogP contribution in [-0.2, 0) is 21.1 Å². The van der Waals surface area contributed by atoms with Gasteiger partial charge in [0.15, 0.2) is 5.91 Å². The average molecular weight is 403 g/mol. The van der Waals surface area contributed by atoms with E-state index in [1.54, 1.807) is 11.0 Å². The number of carbonyl (C=O) groups is 1. The van der Waals surface area contributed by atoms with Crippen LogP contribution in [-0.4, -0.2) is 53.9 Å². The Hall–Kier alpha value is -0.932. The molecule has 2 N–H and O–H groups in total. The summed E-state index contributed by atoms with van der Waals surface area (Å²) in [5.41, 5.74) is 6.09. The van der Waals surface area contributed by atoms with Crippen LogP contribution in [0.5, 0.6) is 0 Å². The molecule has 0 aliphatic carbocycles. The summed E-state index contributed by atoms with van der Waals surface area (Å²) in [6, 6.07) is 4.81. The molecule has 1 aromatic heterocycles. The average Bonchev–Trinajstić information content (AvgIpc) is 2.15. The van der Waals surface area contributed by atoms with Crippen LogP contribution < -0.4 is 5.73 Å². The van der Waals surface area contributed by atoms with E-state index in [-0.39, 0.29) is 32.8 Å². The Morgan fingerprint density at radius 1 is 1.59 bits per heavy atom. The number of nitrogens with two attached hydrogens (primary N) is 1. The number of amides is 1. The molecule has 0 aromatic carbocycles. The van der Waals surface area contributed by atoms with Gasteiger partial charge in [0.05, 0.1) is 5.82 Å². The number of likely N-dealkylation sites (tertiary alicyclic amines) is 1. The largest absolute Gasteiger partial charge is 0.398 e. The van der Waals surface area contributed by atoms with Gasteiger partial charge in [0.1, 0.15) is 0 Å². The molecule has 0 spiro atoms. The van der Waals surface area contributed by atoms with Crippen LogP contribution in [0.2, 0.25) is 0 Å². The summed E-state index contributed by atoms with van der Waals surface area (Å²) in [5, 5.41) is 0. The number of aromatic nitrogens is 1. The van der Waals surface area contributed by atoms with Crippen molar-refractivity contribution in [3.05, 3.63) is 23.9 Å². The molecule has 2 rings (SSSR count). The molecule has 1 aliphatic heterocycles. The standard InChI is InChI=1S/C11H15N4O.W/c1-14(2)8-6-15(7-8)11(16)9-4-3-5-13-10(9)12;/h4-5,8H,6-7H2,1-2H3,(H2,12,13);/q-1;. The molecule has 6 heteroatoms. The minimum atomic E-state index is -0.0556. The fourth-order valence-corrected chi connectivity index (χ4v) is 1.66. The first-order valence-electron chi connectivity index (χ1n) is 5.17. The van der Waals surface area contributed by atoms with Crippen molar-refractivity contribution in [3.63, 3.8) is 0 Å². The normalized spacial score (nSPS) is 15.4. The Balaban J connectivity index is 0.00000144. The van der Waals surface area contributed by atoms with Gasteiger partial charge in [0, 0.05) is 40.2 Å². The maximum Gasteiger partial charge on any atom is 0.175 e. The zero-order valence-electron chi connectivity index (χ0n) is 9.88. The van der Waals surface area contributed by atoms with Gasteiger partial charge in [0.2, 0.25) is 0 Å². The van der Waals surface area contributed by atoms with E-state index in [1.165, 1.54) is 6.20 Å². The number of nitrogen functional groups attached to an aromatic ring is 1. The van der Waals surface area contributed by atoms with Crippen LogP contribution in [0.4, 0.5) is 5.82 Å². The summed E-state index contributed by atoms with van der Waals surface area (Å²) in [6.07, 6.45) is 1.46. The van der Waals surface area contributed by atoms with Gasteiger partial charge in [-0.05, 0) is 14.1 Å². The van der Waals surface area contributed by atoms with Gasteiger partial charge >= 0.3 is 0 Å². The molecule has 2 heterocycles. The van der Waals surface area contributed by atoms with Crippen molar-refractivity contribution >= 4 is 11.7 Å². The van der Waals surface area contributed by atoms with Crippen LogP contribution >= 0.6 is 0 Å². The molecule has 17 heavy (non-hydrogen) atoms. The molecule has 5 nitrogen and oxygen atoms in total. The van der Waals surface area contributed by atoms with E-state index in [2.05, 4.69) is 16.0 Å². The number of carbonyl (C=O) groups excluding carboxylic acids is 1. The zero-order valence-corrected chi connectivity index (χ0v) is 12.8. The van der Waals surface area contributed by atoms with E-state index in [9.17, 15) is 4.79 Å². The molecule has 1 saturated heterocycles. The molecule has 0 radical (unpaired) electrons. The Kier molecular flexibility index (Phi) is 4.66. The molecule has 0 saturated carbocycles. The smallest absolute Gasteiger partial charge is 0.175 e. The SMILES string of the molecule is CN(C)C1CN(C(=O)c2c[c-]cnc2N)C1.[W]. The number of rotatable bonds is 2. The fraction of sp³-hybridized carbons (Fsp3) is 0.455. The first kappa shape index (κ1) is 14.1. The summed E-state index contributed by atoms with van der Waals surface area (Å²) >= 11 is 0. The molecule has 0 atom stereocenters. The van der Waals surface area contributed by atoms with E-state index < -0.39 is 0 Å². The first-order chi connectivity index (χ1) is 7.59. The van der Waals surface area contributed by atoms with Gasteiger partial charge in [-0.2, -0.15) is 0 Å². The van der Waals surface area contributed by atoms with Gasteiger partial charge in [-0.15, -0.1) is 0 Å². The zero-order chi connectivity index (χ0) is 11.7. The van der Waals surface area contributed by atoms with Gasteiger partial charge in [-0.25, -0.2) is 12.1 Å². The summed E-state index contributed by atoms with van der Waals surface area (Å²) < 4.78 is 0.